The molecule has 0 spiro atoms. The van der Waals surface area contributed by atoms with Gasteiger partial charge < -0.3 is 4.74 Å². The normalized spacial score (nSPS) is 20.5. The third kappa shape index (κ3) is 2.80. The molecule has 1 atom stereocenters. The van der Waals surface area contributed by atoms with Gasteiger partial charge in [-0.1, -0.05) is 6.08 Å². The van der Waals surface area contributed by atoms with E-state index < -0.39 is 5.60 Å². The predicted molar refractivity (Wildman–Crippen MR) is 83.3 cm³/mol. The van der Waals surface area contributed by atoms with E-state index in [1.54, 1.807) is 18.2 Å². The maximum absolute atomic E-state index is 11.1. The Balaban J connectivity index is 2.42. The van der Waals surface area contributed by atoms with Gasteiger partial charge in [-0.25, -0.2) is 0 Å². The summed E-state index contributed by atoms with van der Waals surface area (Å²) in [5.41, 5.74) is 0.232. The molecule has 0 N–H and O–H groups in total. The monoisotopic (exact) mass is 371 g/mol. The van der Waals surface area contributed by atoms with Crippen LogP contribution in [0.15, 0.2) is 30.9 Å². The Labute approximate surface area is 125 Å². The first-order chi connectivity index (χ1) is 8.97. The minimum absolute atomic E-state index is 0.111. The molecule has 0 amide bonds. The molecule has 0 bridgehead atoms. The first-order valence-electron chi connectivity index (χ1n) is 5.93. The van der Waals surface area contributed by atoms with Gasteiger partial charge in [0, 0.05) is 0 Å². The molecule has 5 heteroatoms. The topological polar surface area (TPSA) is 52.4 Å². The fourth-order valence-electron chi connectivity index (χ4n) is 2.07. The maximum atomic E-state index is 11.1. The van der Waals surface area contributed by atoms with Crippen molar-refractivity contribution in [1.29, 1.82) is 0 Å². The van der Waals surface area contributed by atoms with Crippen LogP contribution in [0.4, 0.5) is 5.69 Å². The molecule has 1 unspecified atom stereocenters. The number of benzene rings is 1. The molecule has 0 saturated heterocycles. The van der Waals surface area contributed by atoms with Gasteiger partial charge in [0.05, 0.1) is 14.1 Å². The number of ether oxygens (including phenoxy) is 1. The summed E-state index contributed by atoms with van der Waals surface area (Å²) in [7, 11) is 0. The summed E-state index contributed by atoms with van der Waals surface area (Å²) in [6.45, 7) is 5.67. The van der Waals surface area contributed by atoms with Crippen LogP contribution in [0, 0.1) is 13.7 Å². The lowest BCUT2D eigenvalue weighted by Crippen LogP contribution is -2.31. The number of nitro groups is 1. The number of nitrogens with zero attached hydrogens (tertiary/aromatic N) is 1. The Bertz CT molecular complexity index is 568. The Morgan fingerprint density at radius 2 is 2.32 bits per heavy atom. The van der Waals surface area contributed by atoms with E-state index in [0.29, 0.717) is 14.9 Å². The lowest BCUT2D eigenvalue weighted by atomic mass is 9.94. The molecule has 1 heterocycles. The van der Waals surface area contributed by atoms with Gasteiger partial charge >= 0.3 is 0 Å². The summed E-state index contributed by atoms with van der Waals surface area (Å²) in [6.07, 6.45) is 7.16. The molecule has 1 aliphatic rings. The number of allylic oxidation sites excluding steroid dienone is 1. The quantitative estimate of drug-likeness (QED) is 0.343. The number of rotatable bonds is 4. The van der Waals surface area contributed by atoms with Crippen molar-refractivity contribution >= 4 is 34.4 Å². The lowest BCUT2D eigenvalue weighted by Gasteiger charge is -2.31. The molecule has 0 aliphatic carbocycles. The molecule has 0 radical (unpaired) electrons. The van der Waals surface area contributed by atoms with Crippen LogP contribution in [-0.2, 0) is 0 Å². The highest BCUT2D eigenvalue weighted by atomic mass is 127. The van der Waals surface area contributed by atoms with E-state index in [4.69, 9.17) is 4.74 Å². The first-order valence-corrected chi connectivity index (χ1v) is 7.01. The van der Waals surface area contributed by atoms with E-state index in [1.165, 1.54) is 0 Å². The zero-order valence-corrected chi connectivity index (χ0v) is 12.7. The van der Waals surface area contributed by atoms with E-state index in [1.807, 2.05) is 41.7 Å². The van der Waals surface area contributed by atoms with Crippen molar-refractivity contribution in [3.8, 4) is 5.75 Å². The van der Waals surface area contributed by atoms with Crippen LogP contribution in [0.5, 0.6) is 5.75 Å². The fourth-order valence-corrected chi connectivity index (χ4v) is 2.73. The average molecular weight is 371 g/mol. The molecule has 1 aromatic rings. The maximum Gasteiger partial charge on any atom is 0.293 e. The van der Waals surface area contributed by atoms with Crippen molar-refractivity contribution in [2.45, 2.75) is 25.4 Å². The summed E-state index contributed by atoms with van der Waals surface area (Å²) in [5.74, 6) is 0.571. The fraction of sp³-hybridized carbons (Fsp3) is 0.286. The second-order valence-corrected chi connectivity index (χ2v) is 5.80. The van der Waals surface area contributed by atoms with Gasteiger partial charge in [-0.05, 0) is 66.6 Å². The van der Waals surface area contributed by atoms with E-state index in [2.05, 4.69) is 6.58 Å². The van der Waals surface area contributed by atoms with E-state index in [0.717, 1.165) is 12.8 Å². The van der Waals surface area contributed by atoms with Crippen molar-refractivity contribution in [3.63, 3.8) is 0 Å². The summed E-state index contributed by atoms with van der Waals surface area (Å²) >= 11 is 1.97. The lowest BCUT2D eigenvalue weighted by molar-refractivity contribution is -0.386. The SMILES string of the molecule is C=CCCC1(C)C=Cc2c(ccc(I)c2[N+](=O)[O-])O1. The minimum atomic E-state index is -0.429. The highest BCUT2D eigenvalue weighted by Gasteiger charge is 2.31. The molecular formula is C14H14INO3. The molecule has 0 fully saturated rings. The van der Waals surface area contributed by atoms with Gasteiger partial charge in [0.2, 0.25) is 0 Å². The second kappa shape index (κ2) is 5.32. The standard InChI is InChI=1S/C14H14INO3/c1-3-4-8-14(2)9-7-10-12(19-14)6-5-11(15)13(10)16(17)18/h3,5-7,9H,1,4,8H2,2H3. The summed E-state index contributed by atoms with van der Waals surface area (Å²) in [6, 6.07) is 3.50. The molecule has 0 saturated carbocycles. The van der Waals surface area contributed by atoms with E-state index in [-0.39, 0.29) is 10.6 Å². The highest BCUT2D eigenvalue weighted by molar-refractivity contribution is 14.1. The predicted octanol–water partition coefficient (Wildman–Crippen LogP) is 4.33. The summed E-state index contributed by atoms with van der Waals surface area (Å²) in [5, 5.41) is 11.1. The van der Waals surface area contributed by atoms with Gasteiger partial charge in [-0.3, -0.25) is 10.1 Å². The third-order valence-corrected chi connectivity index (χ3v) is 3.97. The number of hydrogen-bond acceptors (Lipinski definition) is 3. The molecule has 1 aromatic carbocycles. The van der Waals surface area contributed by atoms with Gasteiger partial charge in [0.25, 0.3) is 5.69 Å². The minimum Gasteiger partial charge on any atom is -0.483 e. The smallest absolute Gasteiger partial charge is 0.293 e. The molecule has 0 aromatic heterocycles. The Morgan fingerprint density at radius 1 is 1.58 bits per heavy atom. The highest BCUT2D eigenvalue weighted by Crippen LogP contribution is 2.40. The van der Waals surface area contributed by atoms with Gasteiger partial charge in [-0.15, -0.1) is 6.58 Å². The van der Waals surface area contributed by atoms with Crippen LogP contribution in [0.3, 0.4) is 0 Å². The average Bonchev–Trinajstić information content (AvgIpc) is 2.36. The van der Waals surface area contributed by atoms with E-state index >= 15 is 0 Å². The molecule has 4 nitrogen and oxygen atoms in total. The molecule has 19 heavy (non-hydrogen) atoms. The van der Waals surface area contributed by atoms with Crippen molar-refractivity contribution in [2.24, 2.45) is 0 Å². The van der Waals surface area contributed by atoms with Gasteiger partial charge in [0.15, 0.2) is 0 Å². The van der Waals surface area contributed by atoms with Crippen LogP contribution in [0.2, 0.25) is 0 Å². The number of nitro benzene ring substituents is 1. The number of hydrogen-bond donors (Lipinski definition) is 0. The molecular weight excluding hydrogens is 357 g/mol. The number of halogens is 1. The van der Waals surface area contributed by atoms with Crippen molar-refractivity contribution < 1.29 is 9.66 Å². The Hall–Kier alpha value is -1.37. The van der Waals surface area contributed by atoms with Crippen LogP contribution in [-0.4, -0.2) is 10.5 Å². The molecule has 1 aliphatic heterocycles. The number of fused-ring (bicyclic) bond motifs is 1. The van der Waals surface area contributed by atoms with Gasteiger partial charge in [-0.2, -0.15) is 0 Å². The summed E-state index contributed by atoms with van der Waals surface area (Å²) in [4.78, 5) is 10.8. The molecule has 100 valence electrons. The first kappa shape index (κ1) is 14.0. The Kier molecular flexibility index (Phi) is 3.93. The Morgan fingerprint density at radius 3 is 2.95 bits per heavy atom. The van der Waals surface area contributed by atoms with E-state index in [9.17, 15) is 10.1 Å². The van der Waals surface area contributed by atoms with Crippen molar-refractivity contribution in [1.82, 2.24) is 0 Å². The molecule has 2 rings (SSSR count). The van der Waals surface area contributed by atoms with Crippen LogP contribution >= 0.6 is 22.6 Å². The summed E-state index contributed by atoms with van der Waals surface area (Å²) < 4.78 is 6.54. The van der Waals surface area contributed by atoms with Crippen molar-refractivity contribution in [3.05, 3.63) is 50.1 Å². The third-order valence-electron chi connectivity index (χ3n) is 3.10. The van der Waals surface area contributed by atoms with Gasteiger partial charge in [0.1, 0.15) is 11.4 Å². The van der Waals surface area contributed by atoms with Crippen LogP contribution in [0.1, 0.15) is 25.3 Å². The largest absolute Gasteiger partial charge is 0.483 e. The second-order valence-electron chi connectivity index (χ2n) is 4.64. The van der Waals surface area contributed by atoms with Crippen LogP contribution < -0.4 is 4.74 Å². The zero-order chi connectivity index (χ0) is 14.0. The zero-order valence-electron chi connectivity index (χ0n) is 10.6. The van der Waals surface area contributed by atoms with Crippen molar-refractivity contribution in [2.75, 3.05) is 0 Å². The van der Waals surface area contributed by atoms with Crippen LogP contribution in [0.25, 0.3) is 6.08 Å².